The number of esters is 1. The Hall–Kier alpha value is -1.05. The van der Waals surface area contributed by atoms with Gasteiger partial charge in [-0.05, 0) is 11.0 Å². The molecule has 1 aliphatic heterocycles. The van der Waals surface area contributed by atoms with Crippen LogP contribution >= 0.6 is 0 Å². The van der Waals surface area contributed by atoms with Gasteiger partial charge in [-0.15, -0.1) is 0 Å². The first kappa shape index (κ1) is 9.04. The lowest BCUT2D eigenvalue weighted by atomic mass is 9.95. The lowest BCUT2D eigenvalue weighted by molar-refractivity contribution is -0.134. The number of carbonyl (C=O) groups is 1. The van der Waals surface area contributed by atoms with E-state index in [0.29, 0.717) is 6.61 Å². The van der Waals surface area contributed by atoms with Crippen LogP contribution in [0.2, 0.25) is 0 Å². The first-order valence-electron chi connectivity index (χ1n) is 4.04. The zero-order chi connectivity index (χ0) is 9.19. The molecule has 2 heteroatoms. The summed E-state index contributed by atoms with van der Waals surface area (Å²) < 4.78 is 4.75. The van der Waals surface area contributed by atoms with Crippen molar-refractivity contribution in [2.24, 2.45) is 5.41 Å². The van der Waals surface area contributed by atoms with Crippen LogP contribution in [0, 0.1) is 5.41 Å². The highest BCUT2D eigenvalue weighted by atomic mass is 16.5. The fourth-order valence-electron chi connectivity index (χ4n) is 0.842. The zero-order valence-electron chi connectivity index (χ0n) is 7.76. The third kappa shape index (κ3) is 2.91. The Morgan fingerprint density at radius 3 is 2.58 bits per heavy atom. The van der Waals surface area contributed by atoms with Gasteiger partial charge in [0.1, 0.15) is 6.61 Å². The molecule has 0 bridgehead atoms. The summed E-state index contributed by atoms with van der Waals surface area (Å²) in [5, 5.41) is 0. The predicted octanol–water partition coefficient (Wildman–Crippen LogP) is 2.07. The van der Waals surface area contributed by atoms with E-state index in [2.05, 4.69) is 26.8 Å². The lowest BCUT2D eigenvalue weighted by Crippen LogP contribution is -1.98. The van der Waals surface area contributed by atoms with Gasteiger partial charge >= 0.3 is 5.97 Å². The van der Waals surface area contributed by atoms with Crippen molar-refractivity contribution in [3.8, 4) is 0 Å². The summed E-state index contributed by atoms with van der Waals surface area (Å²) in [6.07, 6.45) is 5.55. The number of hydrogen-bond acceptors (Lipinski definition) is 2. The molecule has 0 saturated carbocycles. The maximum Gasteiger partial charge on any atom is 0.331 e. The molecular weight excluding hydrogens is 152 g/mol. The molecule has 66 valence electrons. The molecular formula is C10H14O2. The first-order chi connectivity index (χ1) is 5.47. The molecule has 0 spiro atoms. The molecule has 12 heavy (non-hydrogen) atoms. The minimum Gasteiger partial charge on any atom is -0.458 e. The van der Waals surface area contributed by atoms with Crippen LogP contribution in [0.1, 0.15) is 20.8 Å². The topological polar surface area (TPSA) is 26.3 Å². The number of ether oxygens (including phenoxy) is 1. The summed E-state index contributed by atoms with van der Waals surface area (Å²) in [6, 6.07) is 0. The molecule has 0 aromatic heterocycles. The van der Waals surface area contributed by atoms with Crippen molar-refractivity contribution < 1.29 is 9.53 Å². The van der Waals surface area contributed by atoms with Crippen molar-refractivity contribution in [3.63, 3.8) is 0 Å². The van der Waals surface area contributed by atoms with Gasteiger partial charge in [-0.3, -0.25) is 0 Å². The third-order valence-electron chi connectivity index (χ3n) is 1.48. The molecule has 1 rings (SSSR count). The molecule has 0 radical (unpaired) electrons. The molecule has 0 aliphatic carbocycles. The Kier molecular flexibility index (Phi) is 2.36. The van der Waals surface area contributed by atoms with Gasteiger partial charge in [-0.25, -0.2) is 4.79 Å². The van der Waals surface area contributed by atoms with Crippen molar-refractivity contribution >= 4 is 5.97 Å². The van der Waals surface area contributed by atoms with E-state index in [1.165, 1.54) is 6.08 Å². The van der Waals surface area contributed by atoms with Crippen molar-refractivity contribution in [2.75, 3.05) is 6.61 Å². The zero-order valence-corrected chi connectivity index (χ0v) is 7.76. The third-order valence-corrected chi connectivity index (χ3v) is 1.48. The number of cyclic esters (lactones) is 1. The van der Waals surface area contributed by atoms with Crippen molar-refractivity contribution in [3.05, 3.63) is 23.8 Å². The summed E-state index contributed by atoms with van der Waals surface area (Å²) in [5.41, 5.74) is 1.11. The quantitative estimate of drug-likeness (QED) is 0.557. The van der Waals surface area contributed by atoms with Crippen molar-refractivity contribution in [2.45, 2.75) is 20.8 Å². The van der Waals surface area contributed by atoms with Crippen LogP contribution in [0.25, 0.3) is 0 Å². The van der Waals surface area contributed by atoms with E-state index >= 15 is 0 Å². The number of allylic oxidation sites excluding steroid dienone is 1. The summed E-state index contributed by atoms with van der Waals surface area (Å²) in [6.45, 7) is 6.76. The standard InChI is InChI=1S/C10H14O2/c1-10(2,3)5-4-8-6-9(11)12-7-8/h4-6H,7H2,1-3H3/b5-4+. The van der Waals surface area contributed by atoms with Gasteiger partial charge in [0, 0.05) is 6.08 Å². The summed E-state index contributed by atoms with van der Waals surface area (Å²) in [5.74, 6) is -0.233. The maximum atomic E-state index is 10.6. The van der Waals surface area contributed by atoms with Gasteiger partial charge in [-0.2, -0.15) is 0 Å². The Balaban J connectivity index is 2.58. The molecule has 0 N–H and O–H groups in total. The molecule has 0 aromatic rings. The van der Waals surface area contributed by atoms with Crippen molar-refractivity contribution in [1.29, 1.82) is 0 Å². The van der Waals surface area contributed by atoms with E-state index in [-0.39, 0.29) is 11.4 Å². The van der Waals surface area contributed by atoms with Gasteiger partial charge in [0.2, 0.25) is 0 Å². The lowest BCUT2D eigenvalue weighted by Gasteiger charge is -2.10. The predicted molar refractivity (Wildman–Crippen MR) is 47.6 cm³/mol. The Morgan fingerprint density at radius 1 is 1.50 bits per heavy atom. The molecule has 0 aromatic carbocycles. The van der Waals surface area contributed by atoms with Crippen LogP contribution in [0.4, 0.5) is 0 Å². The Morgan fingerprint density at radius 2 is 2.17 bits per heavy atom. The van der Waals surface area contributed by atoms with Crippen LogP contribution in [0.3, 0.4) is 0 Å². The highest BCUT2D eigenvalue weighted by Crippen LogP contribution is 2.17. The molecule has 0 fully saturated rings. The van der Waals surface area contributed by atoms with E-state index in [9.17, 15) is 4.79 Å². The first-order valence-corrected chi connectivity index (χ1v) is 4.04. The molecule has 1 heterocycles. The minimum atomic E-state index is -0.233. The molecule has 0 unspecified atom stereocenters. The van der Waals surface area contributed by atoms with Gasteiger partial charge < -0.3 is 4.74 Å². The Bertz CT molecular complexity index is 241. The van der Waals surface area contributed by atoms with Crippen LogP contribution in [-0.4, -0.2) is 12.6 Å². The van der Waals surface area contributed by atoms with Crippen molar-refractivity contribution in [1.82, 2.24) is 0 Å². The van der Waals surface area contributed by atoms with E-state index in [1.807, 2.05) is 6.08 Å². The van der Waals surface area contributed by atoms with Gasteiger partial charge in [0.25, 0.3) is 0 Å². The summed E-state index contributed by atoms with van der Waals surface area (Å²) in [4.78, 5) is 10.6. The number of carbonyl (C=O) groups excluding carboxylic acids is 1. The second-order valence-corrected chi connectivity index (χ2v) is 4.03. The van der Waals surface area contributed by atoms with E-state index in [0.717, 1.165) is 5.57 Å². The van der Waals surface area contributed by atoms with Crippen LogP contribution < -0.4 is 0 Å². The van der Waals surface area contributed by atoms with Gasteiger partial charge in [-0.1, -0.05) is 32.9 Å². The maximum absolute atomic E-state index is 10.6. The second kappa shape index (κ2) is 3.13. The monoisotopic (exact) mass is 166 g/mol. The molecule has 1 aliphatic rings. The largest absolute Gasteiger partial charge is 0.458 e. The fraction of sp³-hybridized carbons (Fsp3) is 0.500. The molecule has 0 amide bonds. The highest BCUT2D eigenvalue weighted by molar-refractivity contribution is 5.85. The second-order valence-electron chi connectivity index (χ2n) is 4.03. The number of rotatable bonds is 1. The van der Waals surface area contributed by atoms with Gasteiger partial charge in [0.05, 0.1) is 0 Å². The minimum absolute atomic E-state index is 0.159. The van der Waals surface area contributed by atoms with E-state index in [4.69, 9.17) is 4.74 Å². The SMILES string of the molecule is CC(C)(C)/C=C/C1=CC(=O)OC1. The van der Waals surface area contributed by atoms with Crippen LogP contribution in [0.5, 0.6) is 0 Å². The van der Waals surface area contributed by atoms with E-state index in [1.54, 1.807) is 0 Å². The summed E-state index contributed by atoms with van der Waals surface area (Å²) in [7, 11) is 0. The highest BCUT2D eigenvalue weighted by Gasteiger charge is 2.11. The fourth-order valence-corrected chi connectivity index (χ4v) is 0.842. The molecule has 2 nitrogen and oxygen atoms in total. The Labute approximate surface area is 72.9 Å². The number of hydrogen-bond donors (Lipinski definition) is 0. The smallest absolute Gasteiger partial charge is 0.331 e. The molecule has 0 saturated heterocycles. The van der Waals surface area contributed by atoms with Crippen LogP contribution in [-0.2, 0) is 9.53 Å². The average Bonchev–Trinajstić information content (AvgIpc) is 2.30. The summed E-state index contributed by atoms with van der Waals surface area (Å²) >= 11 is 0. The normalized spacial score (nSPS) is 18.2. The molecule has 0 atom stereocenters. The van der Waals surface area contributed by atoms with Gasteiger partial charge in [0.15, 0.2) is 0 Å². The average molecular weight is 166 g/mol. The van der Waals surface area contributed by atoms with E-state index < -0.39 is 0 Å². The van der Waals surface area contributed by atoms with Crippen LogP contribution in [0.15, 0.2) is 23.8 Å².